The molecule has 1 heterocycles. The van der Waals surface area contributed by atoms with Crippen molar-refractivity contribution in [2.24, 2.45) is 11.8 Å². The van der Waals surface area contributed by atoms with Gasteiger partial charge in [0.2, 0.25) is 5.91 Å². The number of rotatable bonds is 3. The van der Waals surface area contributed by atoms with Crippen LogP contribution in [0.15, 0.2) is 36.4 Å². The molecule has 3 atom stereocenters. The molecule has 5 rings (SSSR count). The Morgan fingerprint density at radius 1 is 1.10 bits per heavy atom. The fourth-order valence-electron chi connectivity index (χ4n) is 6.45. The summed E-state index contributed by atoms with van der Waals surface area (Å²) in [6.45, 7) is 9.19. The van der Waals surface area contributed by atoms with E-state index in [2.05, 4.69) is 48.0 Å². The normalized spacial score (nSPS) is 31.8. The monoisotopic (exact) mass is 406 g/mol. The molecule has 3 nitrogen and oxygen atoms in total. The highest BCUT2D eigenvalue weighted by molar-refractivity contribution is 5.81. The summed E-state index contributed by atoms with van der Waals surface area (Å²) in [5.41, 5.74) is 4.68. The van der Waals surface area contributed by atoms with E-state index in [9.17, 15) is 4.79 Å². The van der Waals surface area contributed by atoms with Crippen molar-refractivity contribution < 1.29 is 4.79 Å². The molecule has 0 aromatic heterocycles. The summed E-state index contributed by atoms with van der Waals surface area (Å²) in [5, 5.41) is 3.38. The molecule has 1 unspecified atom stereocenters. The highest BCUT2D eigenvalue weighted by atomic mass is 16.2. The Kier molecular flexibility index (Phi) is 5.51. The van der Waals surface area contributed by atoms with Crippen molar-refractivity contribution in [3.05, 3.63) is 47.5 Å². The van der Waals surface area contributed by atoms with E-state index >= 15 is 0 Å². The fourth-order valence-corrected chi connectivity index (χ4v) is 6.45. The van der Waals surface area contributed by atoms with Gasteiger partial charge in [0.05, 0.1) is 6.04 Å². The van der Waals surface area contributed by atoms with E-state index in [4.69, 9.17) is 0 Å². The van der Waals surface area contributed by atoms with Crippen molar-refractivity contribution in [2.75, 3.05) is 13.1 Å². The van der Waals surface area contributed by atoms with Crippen LogP contribution in [0.3, 0.4) is 0 Å². The summed E-state index contributed by atoms with van der Waals surface area (Å²) in [7, 11) is 0. The minimum absolute atomic E-state index is 0.212. The second-order valence-corrected chi connectivity index (χ2v) is 10.8. The third-order valence-electron chi connectivity index (χ3n) is 8.54. The number of hydrogen-bond acceptors (Lipinski definition) is 2. The summed E-state index contributed by atoms with van der Waals surface area (Å²) in [5.74, 6) is 1.38. The standard InChI is InChI=1S/C27H38N2O/c1-19-7-8-20(2)18-22(17-19)29-15-13-27(14-16-29)12-11-25(28-26(30)21-9-10-21)23-5-3-4-6-24(23)27/h3-6,20-22,25H,1,7-18H2,2H3,(H,28,30)/t20?,22-,25-/m0/s1. The summed E-state index contributed by atoms with van der Waals surface area (Å²) < 4.78 is 0. The van der Waals surface area contributed by atoms with Gasteiger partial charge in [-0.2, -0.15) is 0 Å². The topological polar surface area (TPSA) is 32.3 Å². The molecule has 2 saturated carbocycles. The maximum Gasteiger partial charge on any atom is 0.223 e. The van der Waals surface area contributed by atoms with Gasteiger partial charge in [0.1, 0.15) is 0 Å². The maximum atomic E-state index is 12.4. The molecule has 3 aliphatic carbocycles. The van der Waals surface area contributed by atoms with Gasteiger partial charge in [0.15, 0.2) is 0 Å². The quantitative estimate of drug-likeness (QED) is 0.530. The van der Waals surface area contributed by atoms with Crippen LogP contribution in [-0.2, 0) is 10.2 Å². The minimum atomic E-state index is 0.212. The van der Waals surface area contributed by atoms with Gasteiger partial charge in [-0.15, -0.1) is 0 Å². The summed E-state index contributed by atoms with van der Waals surface area (Å²) in [6, 6.07) is 9.89. The first-order valence-electron chi connectivity index (χ1n) is 12.3. The molecular weight excluding hydrogens is 368 g/mol. The van der Waals surface area contributed by atoms with Gasteiger partial charge in [-0.1, -0.05) is 43.3 Å². The lowest BCUT2D eigenvalue weighted by Gasteiger charge is -2.49. The minimum Gasteiger partial charge on any atom is -0.349 e. The summed E-state index contributed by atoms with van der Waals surface area (Å²) in [6.07, 6.45) is 12.0. The number of amides is 1. The van der Waals surface area contributed by atoms with Gasteiger partial charge in [-0.05, 0) is 99.8 Å². The van der Waals surface area contributed by atoms with Crippen LogP contribution in [0.2, 0.25) is 0 Å². The Balaban J connectivity index is 1.30. The molecule has 1 amide bonds. The molecule has 3 heteroatoms. The zero-order valence-electron chi connectivity index (χ0n) is 18.7. The largest absolute Gasteiger partial charge is 0.349 e. The number of carbonyl (C=O) groups excluding carboxylic acids is 1. The van der Waals surface area contributed by atoms with Crippen LogP contribution in [0.1, 0.15) is 88.3 Å². The van der Waals surface area contributed by atoms with Gasteiger partial charge in [0.25, 0.3) is 0 Å². The van der Waals surface area contributed by atoms with Crippen LogP contribution < -0.4 is 5.32 Å². The third kappa shape index (κ3) is 3.98. The molecule has 1 aromatic carbocycles. The number of piperidine rings is 1. The predicted octanol–water partition coefficient (Wildman–Crippen LogP) is 5.52. The molecule has 1 spiro atoms. The smallest absolute Gasteiger partial charge is 0.223 e. The van der Waals surface area contributed by atoms with Crippen LogP contribution in [0, 0.1) is 11.8 Å². The Bertz CT molecular complexity index is 803. The molecule has 4 aliphatic rings. The van der Waals surface area contributed by atoms with Crippen LogP contribution in [0.25, 0.3) is 0 Å². The first kappa shape index (κ1) is 20.3. The number of fused-ring (bicyclic) bond motifs is 2. The van der Waals surface area contributed by atoms with E-state index < -0.39 is 0 Å². The summed E-state index contributed by atoms with van der Waals surface area (Å²) in [4.78, 5) is 15.2. The Labute approximate surface area is 182 Å². The number of nitrogens with zero attached hydrogens (tertiary/aromatic N) is 1. The SMILES string of the molecule is C=C1CCC(C)C[C@@H](N2CCC3(CC[C@H](NC(=O)C4CC4)c4ccccc43)CC2)C1. The number of nitrogens with one attached hydrogen (secondary N) is 1. The predicted molar refractivity (Wildman–Crippen MR) is 122 cm³/mol. The molecule has 0 bridgehead atoms. The lowest BCUT2D eigenvalue weighted by atomic mass is 9.63. The van der Waals surface area contributed by atoms with E-state index in [0.717, 1.165) is 25.2 Å². The summed E-state index contributed by atoms with van der Waals surface area (Å²) >= 11 is 0. The average Bonchev–Trinajstić information content (AvgIpc) is 3.61. The van der Waals surface area contributed by atoms with E-state index in [1.54, 1.807) is 0 Å². The number of benzene rings is 1. The molecule has 0 radical (unpaired) electrons. The van der Waals surface area contributed by atoms with E-state index in [0.29, 0.717) is 11.5 Å². The molecule has 1 saturated heterocycles. The fraction of sp³-hybridized carbons (Fsp3) is 0.667. The Morgan fingerprint density at radius 2 is 1.87 bits per heavy atom. The average molecular weight is 407 g/mol. The Morgan fingerprint density at radius 3 is 2.63 bits per heavy atom. The Hall–Kier alpha value is -1.61. The van der Waals surface area contributed by atoms with Crippen molar-refractivity contribution in [1.29, 1.82) is 0 Å². The number of likely N-dealkylation sites (tertiary alicyclic amines) is 1. The van der Waals surface area contributed by atoms with Crippen molar-refractivity contribution in [2.45, 2.75) is 88.6 Å². The molecular formula is C27H38N2O. The molecule has 3 fully saturated rings. The zero-order chi connectivity index (χ0) is 20.7. The third-order valence-corrected chi connectivity index (χ3v) is 8.54. The van der Waals surface area contributed by atoms with Crippen molar-refractivity contribution in [1.82, 2.24) is 10.2 Å². The molecule has 162 valence electrons. The van der Waals surface area contributed by atoms with Gasteiger partial charge >= 0.3 is 0 Å². The number of carbonyl (C=O) groups is 1. The van der Waals surface area contributed by atoms with Gasteiger partial charge in [-0.25, -0.2) is 0 Å². The molecule has 1 N–H and O–H groups in total. The van der Waals surface area contributed by atoms with Gasteiger partial charge < -0.3 is 5.32 Å². The zero-order valence-corrected chi connectivity index (χ0v) is 18.7. The molecule has 30 heavy (non-hydrogen) atoms. The van der Waals surface area contributed by atoms with Crippen LogP contribution in [0.4, 0.5) is 0 Å². The van der Waals surface area contributed by atoms with Crippen LogP contribution in [-0.4, -0.2) is 29.9 Å². The lowest BCUT2D eigenvalue weighted by molar-refractivity contribution is -0.123. The second-order valence-electron chi connectivity index (χ2n) is 10.8. The highest BCUT2D eigenvalue weighted by Crippen LogP contribution is 2.49. The first-order chi connectivity index (χ1) is 14.5. The van der Waals surface area contributed by atoms with E-state index in [-0.39, 0.29) is 17.9 Å². The number of hydrogen-bond donors (Lipinski definition) is 1. The highest BCUT2D eigenvalue weighted by Gasteiger charge is 2.43. The van der Waals surface area contributed by atoms with Crippen molar-refractivity contribution in [3.63, 3.8) is 0 Å². The van der Waals surface area contributed by atoms with Crippen LogP contribution >= 0.6 is 0 Å². The van der Waals surface area contributed by atoms with Gasteiger partial charge in [0, 0.05) is 12.0 Å². The lowest BCUT2D eigenvalue weighted by Crippen LogP contribution is -2.49. The molecule has 1 aromatic rings. The van der Waals surface area contributed by atoms with E-state index in [1.165, 1.54) is 74.7 Å². The maximum absolute atomic E-state index is 12.4. The van der Waals surface area contributed by atoms with Crippen molar-refractivity contribution in [3.8, 4) is 0 Å². The molecule has 1 aliphatic heterocycles. The second kappa shape index (κ2) is 8.15. The van der Waals surface area contributed by atoms with Crippen molar-refractivity contribution >= 4 is 5.91 Å². The van der Waals surface area contributed by atoms with Crippen LogP contribution in [0.5, 0.6) is 0 Å². The van der Waals surface area contributed by atoms with E-state index in [1.807, 2.05) is 0 Å². The van der Waals surface area contributed by atoms with Gasteiger partial charge in [-0.3, -0.25) is 9.69 Å². The first-order valence-corrected chi connectivity index (χ1v) is 12.3.